The number of ether oxygens (including phenoxy) is 4. The van der Waals surface area contributed by atoms with Crippen molar-refractivity contribution >= 4 is 71.8 Å². The van der Waals surface area contributed by atoms with Crippen molar-refractivity contribution in [2.24, 2.45) is 0 Å². The van der Waals surface area contributed by atoms with Crippen LogP contribution in [-0.2, 0) is 9.59 Å². The molecule has 45 heavy (non-hydrogen) atoms. The molecule has 0 bridgehead atoms. The molecule has 0 unspecified atom stereocenters. The van der Waals surface area contributed by atoms with Crippen LogP contribution in [0.2, 0.25) is 0 Å². The van der Waals surface area contributed by atoms with E-state index in [1.807, 2.05) is 0 Å². The summed E-state index contributed by atoms with van der Waals surface area (Å²) in [7, 11) is 0. The Morgan fingerprint density at radius 1 is 0.600 bits per heavy atom. The fourth-order valence-corrected chi connectivity index (χ4v) is 8.45. The van der Waals surface area contributed by atoms with Crippen LogP contribution in [0.5, 0.6) is 23.0 Å². The van der Waals surface area contributed by atoms with Crippen molar-refractivity contribution < 1.29 is 65.9 Å². The van der Waals surface area contributed by atoms with E-state index < -0.39 is 54.2 Å². The number of hydrogen-bond donors (Lipinski definition) is 2. The van der Waals surface area contributed by atoms with Gasteiger partial charge in [0, 0.05) is 0 Å². The second kappa shape index (κ2) is 15.4. The monoisotopic (exact) mass is 768 g/mol. The van der Waals surface area contributed by atoms with Crippen molar-refractivity contribution in [1.82, 2.24) is 0 Å². The van der Waals surface area contributed by atoms with Crippen LogP contribution in [0.3, 0.4) is 0 Å². The minimum atomic E-state index is -3.15. The number of rotatable bonds is 18. The zero-order chi connectivity index (χ0) is 32.7. The molecule has 2 N–H and O–H groups in total. The number of hydrogen-bond acceptors (Lipinski definition) is 8. The number of carboxylic acids is 2. The van der Waals surface area contributed by atoms with E-state index in [9.17, 15) is 36.7 Å². The Balaban J connectivity index is 1.43. The fraction of sp³-hybridized carbons (Fsp3) is 0.310. The number of alkyl halides is 4. The van der Waals surface area contributed by atoms with Gasteiger partial charge in [-0.15, -0.1) is 0 Å². The first kappa shape index (κ1) is 34.0. The quantitative estimate of drug-likeness (QED) is 0.0596. The van der Waals surface area contributed by atoms with Gasteiger partial charge in [-0.3, -0.25) is 0 Å². The topological polar surface area (TPSA) is 146 Å². The minimum absolute atomic E-state index is 0.0212. The Bertz CT molecular complexity index is 1590. The summed E-state index contributed by atoms with van der Waals surface area (Å²) >= 11 is -1.07. The van der Waals surface area contributed by atoms with Crippen LogP contribution in [0, 0.1) is 0 Å². The summed E-state index contributed by atoms with van der Waals surface area (Å²) in [6, 6.07) is 8.75. The van der Waals surface area contributed by atoms with Gasteiger partial charge in [0.05, 0.1) is 0 Å². The molecule has 2 aromatic heterocycles. The third kappa shape index (κ3) is 9.57. The van der Waals surface area contributed by atoms with Gasteiger partial charge in [0.2, 0.25) is 0 Å². The molecule has 4 rings (SSSR count). The number of ketones is 2. The third-order valence-electron chi connectivity index (χ3n) is 6.08. The van der Waals surface area contributed by atoms with Crippen molar-refractivity contribution in [2.45, 2.75) is 45.3 Å². The summed E-state index contributed by atoms with van der Waals surface area (Å²) in [6.45, 7) is -6.41. The van der Waals surface area contributed by atoms with Gasteiger partial charge < -0.3 is 0 Å². The summed E-state index contributed by atoms with van der Waals surface area (Å²) in [4.78, 5) is 46.3. The predicted octanol–water partition coefficient (Wildman–Crippen LogP) is 5.25. The van der Waals surface area contributed by atoms with E-state index in [-0.39, 0.29) is 79.9 Å². The van der Waals surface area contributed by atoms with E-state index in [0.717, 1.165) is 0 Å². The van der Waals surface area contributed by atoms with Crippen LogP contribution >= 0.6 is 0 Å². The summed E-state index contributed by atoms with van der Waals surface area (Å²) in [5.74, 6) is -3.44. The van der Waals surface area contributed by atoms with Crippen molar-refractivity contribution in [3.05, 3.63) is 45.3 Å². The maximum absolute atomic E-state index is 13.1. The van der Waals surface area contributed by atoms with E-state index in [0.29, 0.717) is 28.2 Å². The molecule has 0 saturated heterocycles. The predicted molar refractivity (Wildman–Crippen MR) is 153 cm³/mol. The molecule has 2 heterocycles. The second-order valence-corrected chi connectivity index (χ2v) is 13.9. The SMILES string of the molecule is O=C(O)CCC(=O)c1cc2cc(OCCCOc3cc4cc(C(=O)CCC(=O)O)[se]c4cc3OC(F)F)c(OC(F)F)cc2[se]1. The number of Topliss-reactive ketones (excluding diaryl/α,β-unsaturated/α-hetero) is 2. The number of halogens is 4. The number of aliphatic carboxylic acids is 2. The molecule has 0 aliphatic heterocycles. The average Bonchev–Trinajstić information content (AvgIpc) is 3.57. The summed E-state index contributed by atoms with van der Waals surface area (Å²) in [6.07, 6.45) is -0.844. The van der Waals surface area contributed by atoms with Crippen LogP contribution in [0.1, 0.15) is 50.6 Å². The normalized spacial score (nSPS) is 11.3. The van der Waals surface area contributed by atoms with Gasteiger partial charge in [0.15, 0.2) is 0 Å². The summed E-state index contributed by atoms with van der Waals surface area (Å²) in [5, 5.41) is 18.8. The Hall–Kier alpha value is -3.84. The molecule has 0 atom stereocenters. The Morgan fingerprint density at radius 3 is 1.36 bits per heavy atom. The Kier molecular flexibility index (Phi) is 11.7. The number of carbonyl (C=O) groups is 4. The Morgan fingerprint density at radius 2 is 1.00 bits per heavy atom. The summed E-state index contributed by atoms with van der Waals surface area (Å²) in [5.41, 5.74) is 0. The van der Waals surface area contributed by atoms with Gasteiger partial charge in [0.1, 0.15) is 0 Å². The molecule has 0 fully saturated rings. The molecule has 0 aliphatic rings. The molecule has 240 valence electrons. The molecule has 10 nitrogen and oxygen atoms in total. The van der Waals surface area contributed by atoms with Crippen molar-refractivity contribution in [2.75, 3.05) is 13.2 Å². The first-order chi connectivity index (χ1) is 21.4. The van der Waals surface area contributed by atoms with E-state index in [2.05, 4.69) is 9.47 Å². The van der Waals surface area contributed by atoms with Gasteiger partial charge in [-0.1, -0.05) is 0 Å². The average molecular weight is 766 g/mol. The van der Waals surface area contributed by atoms with Crippen LogP contribution in [0.4, 0.5) is 17.6 Å². The maximum atomic E-state index is 13.1. The zero-order valence-corrected chi connectivity index (χ0v) is 26.5. The second-order valence-electron chi connectivity index (χ2n) is 9.34. The molecular formula is C29H24F4O10Se2. The molecule has 0 spiro atoms. The van der Waals surface area contributed by atoms with Crippen molar-refractivity contribution in [3.63, 3.8) is 0 Å². The van der Waals surface area contributed by atoms with Crippen molar-refractivity contribution in [3.8, 4) is 23.0 Å². The molecule has 0 radical (unpaired) electrons. The van der Waals surface area contributed by atoms with E-state index in [1.54, 1.807) is 12.1 Å². The van der Waals surface area contributed by atoms with Crippen LogP contribution in [0.25, 0.3) is 19.3 Å². The summed E-state index contributed by atoms with van der Waals surface area (Å²) < 4.78 is 74.9. The molecule has 2 aromatic carbocycles. The fourth-order valence-electron chi connectivity index (χ4n) is 4.08. The van der Waals surface area contributed by atoms with Gasteiger partial charge in [-0.2, -0.15) is 0 Å². The first-order valence-electron chi connectivity index (χ1n) is 13.2. The van der Waals surface area contributed by atoms with Gasteiger partial charge in [0.25, 0.3) is 0 Å². The number of carbonyl (C=O) groups excluding carboxylic acids is 2. The molecule has 16 heteroatoms. The third-order valence-corrected chi connectivity index (χ3v) is 10.9. The van der Waals surface area contributed by atoms with E-state index in [4.69, 9.17) is 19.7 Å². The molecule has 0 aliphatic carbocycles. The van der Waals surface area contributed by atoms with Crippen LogP contribution in [0.15, 0.2) is 36.4 Å². The molecule has 0 saturated carbocycles. The van der Waals surface area contributed by atoms with Crippen LogP contribution in [-0.4, -0.2) is 89.2 Å². The number of fused-ring (bicyclic) bond motifs is 2. The molecule has 4 aromatic rings. The zero-order valence-electron chi connectivity index (χ0n) is 23.1. The Labute approximate surface area is 263 Å². The van der Waals surface area contributed by atoms with E-state index in [1.165, 1.54) is 24.3 Å². The van der Waals surface area contributed by atoms with Crippen LogP contribution < -0.4 is 18.9 Å². The first-order valence-corrected chi connectivity index (χ1v) is 16.6. The van der Waals surface area contributed by atoms with Gasteiger partial charge in [-0.25, -0.2) is 0 Å². The van der Waals surface area contributed by atoms with Gasteiger partial charge >= 0.3 is 265 Å². The van der Waals surface area contributed by atoms with Gasteiger partial charge in [-0.05, 0) is 0 Å². The standard InChI is InChI=1S/C29H24F4O10Se2/c30-28(31)42-20-12-22-14(10-24(44-22)16(34)2-4-26(36)37)8-18(20)40-6-1-7-41-19-9-15-11-25(17(35)3-5-27(38)39)45-23(15)13-21(19)43-29(32)33/h8-13,28-29H,1-7H2,(H,36,37)(H,38,39). The molecular weight excluding hydrogens is 742 g/mol. The number of carboxylic acid groups (broad SMARTS) is 2. The van der Waals surface area contributed by atoms with E-state index >= 15 is 0 Å². The molecule has 0 amide bonds. The number of benzene rings is 2. The van der Waals surface area contributed by atoms with Crippen molar-refractivity contribution in [1.29, 1.82) is 0 Å².